The van der Waals surface area contributed by atoms with Gasteiger partial charge in [-0.1, -0.05) is 60.2 Å². The summed E-state index contributed by atoms with van der Waals surface area (Å²) in [5.74, 6) is 0.207. The Morgan fingerprint density at radius 1 is 1.19 bits per heavy atom. The Kier molecular flexibility index (Phi) is 7.23. The fraction of sp³-hybridized carbons (Fsp3) is 0.211. The molecular formula is C19H21FN4OS. The highest BCUT2D eigenvalue weighted by molar-refractivity contribution is 7.79. The molecule has 0 saturated carbocycles. The standard InChI is InChI=1S/C19H21FN4OS/c1-15-8-10-17(11-9-15)24(14-26)19(16-6-4-3-5-7-16)22-23(2)13-12-18(21)25-20/h3-11,14,21H,12-13H2,1-2H3/b21-18?,22-19-. The Morgan fingerprint density at radius 3 is 2.42 bits per heavy atom. The zero-order chi connectivity index (χ0) is 18.9. The molecule has 0 aliphatic rings. The van der Waals surface area contributed by atoms with Gasteiger partial charge in [-0.25, -0.2) is 0 Å². The van der Waals surface area contributed by atoms with Gasteiger partial charge in [-0.15, -0.1) is 0 Å². The Hall–Kier alpha value is -2.80. The highest BCUT2D eigenvalue weighted by Crippen LogP contribution is 2.18. The summed E-state index contributed by atoms with van der Waals surface area (Å²) in [4.78, 5) is 5.23. The second-order valence-corrected chi connectivity index (χ2v) is 5.94. The number of hydrogen-bond donors (Lipinski definition) is 1. The third-order valence-electron chi connectivity index (χ3n) is 3.70. The summed E-state index contributed by atoms with van der Waals surface area (Å²) in [6, 6.07) is 17.6. The lowest BCUT2D eigenvalue weighted by Gasteiger charge is -2.24. The van der Waals surface area contributed by atoms with Crippen LogP contribution < -0.4 is 4.90 Å². The van der Waals surface area contributed by atoms with Crippen molar-refractivity contribution >= 4 is 35.1 Å². The maximum absolute atomic E-state index is 12.0. The van der Waals surface area contributed by atoms with E-state index in [9.17, 15) is 4.53 Å². The number of hydrazone groups is 1. The summed E-state index contributed by atoms with van der Waals surface area (Å²) >= 11 is 5.24. The number of nitrogens with zero attached hydrogens (tertiary/aromatic N) is 3. The molecule has 26 heavy (non-hydrogen) atoms. The first kappa shape index (κ1) is 19.5. The minimum atomic E-state index is -0.432. The SMILES string of the molecule is Cc1ccc(N(C=S)/C(=N\N(C)CCC(=N)OF)c2ccccc2)cc1. The van der Waals surface area contributed by atoms with E-state index in [1.807, 2.05) is 66.4 Å². The lowest BCUT2D eigenvalue weighted by Crippen LogP contribution is -2.32. The topological polar surface area (TPSA) is 51.9 Å². The van der Waals surface area contributed by atoms with Gasteiger partial charge < -0.3 is 0 Å². The van der Waals surface area contributed by atoms with Gasteiger partial charge in [0.1, 0.15) is 0 Å². The van der Waals surface area contributed by atoms with Crippen molar-refractivity contribution in [2.45, 2.75) is 13.3 Å². The van der Waals surface area contributed by atoms with Crippen LogP contribution in [0.1, 0.15) is 17.5 Å². The quantitative estimate of drug-likeness (QED) is 0.340. The van der Waals surface area contributed by atoms with Gasteiger partial charge in [0.05, 0.1) is 5.49 Å². The molecule has 5 nitrogen and oxygen atoms in total. The molecule has 0 radical (unpaired) electrons. The number of halogens is 1. The van der Waals surface area contributed by atoms with E-state index < -0.39 is 5.90 Å². The number of amidine groups is 1. The van der Waals surface area contributed by atoms with E-state index in [1.165, 1.54) is 5.49 Å². The highest BCUT2D eigenvalue weighted by atomic mass is 32.1. The van der Waals surface area contributed by atoms with Crippen molar-refractivity contribution in [2.75, 3.05) is 18.5 Å². The molecule has 0 fully saturated rings. The zero-order valence-corrected chi connectivity index (χ0v) is 15.5. The fourth-order valence-electron chi connectivity index (χ4n) is 2.28. The monoisotopic (exact) mass is 372 g/mol. The molecule has 0 spiro atoms. The zero-order valence-electron chi connectivity index (χ0n) is 14.7. The van der Waals surface area contributed by atoms with Crippen LogP contribution in [0, 0.1) is 12.3 Å². The minimum absolute atomic E-state index is 0.112. The molecule has 0 atom stereocenters. The number of anilines is 1. The maximum Gasteiger partial charge on any atom is 0.233 e. The molecule has 0 aliphatic carbocycles. The average Bonchev–Trinajstić information content (AvgIpc) is 2.67. The Balaban J connectivity index is 2.36. The van der Waals surface area contributed by atoms with E-state index in [1.54, 1.807) is 12.1 Å². The van der Waals surface area contributed by atoms with E-state index in [0.717, 1.165) is 16.8 Å². The van der Waals surface area contributed by atoms with E-state index in [4.69, 9.17) is 17.6 Å². The lowest BCUT2D eigenvalue weighted by molar-refractivity contribution is -0.0290. The highest BCUT2D eigenvalue weighted by Gasteiger charge is 2.15. The normalized spacial score (nSPS) is 11.0. The number of aryl methyl sites for hydroxylation is 1. The summed E-state index contributed by atoms with van der Waals surface area (Å²) in [6.45, 7) is 2.35. The number of rotatable bonds is 7. The van der Waals surface area contributed by atoms with Crippen LogP contribution in [0.15, 0.2) is 59.7 Å². The van der Waals surface area contributed by atoms with Gasteiger partial charge in [0.25, 0.3) is 0 Å². The van der Waals surface area contributed by atoms with E-state index in [-0.39, 0.29) is 6.42 Å². The van der Waals surface area contributed by atoms with Crippen molar-refractivity contribution in [1.29, 1.82) is 5.41 Å². The first-order valence-corrected chi connectivity index (χ1v) is 8.54. The number of hydrogen-bond acceptors (Lipinski definition) is 5. The minimum Gasteiger partial charge on any atom is -0.298 e. The maximum atomic E-state index is 12.0. The van der Waals surface area contributed by atoms with Crippen LogP contribution in [0.5, 0.6) is 0 Å². The van der Waals surface area contributed by atoms with Crippen LogP contribution in [-0.4, -0.2) is 35.8 Å². The molecule has 0 amide bonds. The molecule has 0 heterocycles. The Morgan fingerprint density at radius 2 is 1.85 bits per heavy atom. The number of benzene rings is 2. The van der Waals surface area contributed by atoms with E-state index in [0.29, 0.717) is 12.4 Å². The van der Waals surface area contributed by atoms with Gasteiger partial charge in [-0.3, -0.25) is 20.3 Å². The van der Waals surface area contributed by atoms with Gasteiger partial charge in [0, 0.05) is 35.8 Å². The van der Waals surface area contributed by atoms with Gasteiger partial charge in [0.15, 0.2) is 5.84 Å². The average molecular weight is 372 g/mol. The second-order valence-electron chi connectivity index (χ2n) is 5.73. The molecule has 136 valence electrons. The summed E-state index contributed by atoms with van der Waals surface area (Å²) in [7, 11) is 1.76. The molecule has 0 aliphatic heterocycles. The summed E-state index contributed by atoms with van der Waals surface area (Å²) in [5.41, 5.74) is 4.47. The van der Waals surface area contributed by atoms with Crippen LogP contribution in [-0.2, 0) is 4.94 Å². The van der Waals surface area contributed by atoms with E-state index >= 15 is 0 Å². The molecule has 2 aromatic rings. The van der Waals surface area contributed by atoms with Crippen molar-refractivity contribution in [2.24, 2.45) is 5.10 Å². The first-order valence-electron chi connectivity index (χ1n) is 8.07. The van der Waals surface area contributed by atoms with Crippen molar-refractivity contribution < 1.29 is 9.47 Å². The van der Waals surface area contributed by atoms with E-state index in [2.05, 4.69) is 10.0 Å². The lowest BCUT2D eigenvalue weighted by atomic mass is 10.1. The Labute approximate surface area is 158 Å². The smallest absolute Gasteiger partial charge is 0.233 e. The van der Waals surface area contributed by atoms with Crippen molar-refractivity contribution in [3.05, 3.63) is 65.7 Å². The fourth-order valence-corrected chi connectivity index (χ4v) is 2.51. The van der Waals surface area contributed by atoms with Crippen LogP contribution in [0.25, 0.3) is 0 Å². The van der Waals surface area contributed by atoms with Gasteiger partial charge in [-0.05, 0) is 19.1 Å². The van der Waals surface area contributed by atoms with Crippen molar-refractivity contribution in [1.82, 2.24) is 5.01 Å². The van der Waals surface area contributed by atoms with Crippen molar-refractivity contribution in [3.63, 3.8) is 0 Å². The molecule has 1 N–H and O–H groups in total. The van der Waals surface area contributed by atoms with Crippen LogP contribution in [0.2, 0.25) is 0 Å². The number of thiocarbonyl (C=S) groups is 1. The van der Waals surface area contributed by atoms with Crippen molar-refractivity contribution in [3.8, 4) is 0 Å². The largest absolute Gasteiger partial charge is 0.298 e. The summed E-state index contributed by atoms with van der Waals surface area (Å²) in [6.07, 6.45) is 0.112. The molecule has 2 rings (SSSR count). The van der Waals surface area contributed by atoms with Gasteiger partial charge in [-0.2, -0.15) is 5.10 Å². The van der Waals surface area contributed by atoms with Crippen LogP contribution >= 0.6 is 12.2 Å². The second kappa shape index (κ2) is 9.62. The third-order valence-corrected chi connectivity index (χ3v) is 3.91. The molecule has 0 unspecified atom stereocenters. The van der Waals surface area contributed by atoms with Crippen LogP contribution in [0.4, 0.5) is 10.2 Å². The molecule has 7 heteroatoms. The molecular weight excluding hydrogens is 351 g/mol. The predicted octanol–water partition coefficient (Wildman–Crippen LogP) is 4.32. The number of nitrogens with one attached hydrogen (secondary N) is 1. The molecule has 0 aromatic heterocycles. The van der Waals surface area contributed by atoms with Crippen LogP contribution in [0.3, 0.4) is 0 Å². The summed E-state index contributed by atoms with van der Waals surface area (Å²) in [5, 5.41) is 13.5. The first-order chi connectivity index (χ1) is 12.5. The molecule has 2 aromatic carbocycles. The van der Waals surface area contributed by atoms with Gasteiger partial charge in [0.2, 0.25) is 5.90 Å². The summed E-state index contributed by atoms with van der Waals surface area (Å²) < 4.78 is 12.0. The molecule has 0 bridgehead atoms. The predicted molar refractivity (Wildman–Crippen MR) is 107 cm³/mol. The van der Waals surface area contributed by atoms with Gasteiger partial charge >= 0.3 is 0 Å². The third kappa shape index (κ3) is 5.35. The molecule has 0 saturated heterocycles. The Bertz CT molecular complexity index is 765.